The van der Waals surface area contributed by atoms with Crippen LogP contribution in [0.1, 0.15) is 13.3 Å². The Morgan fingerprint density at radius 3 is 2.78 bits per heavy atom. The third-order valence-corrected chi connectivity index (χ3v) is 2.95. The van der Waals surface area contributed by atoms with Crippen LogP contribution in [-0.4, -0.2) is 31.5 Å². The number of amides is 2. The van der Waals surface area contributed by atoms with Crippen molar-refractivity contribution >= 4 is 17.5 Å². The van der Waals surface area contributed by atoms with Crippen molar-refractivity contribution in [1.82, 2.24) is 5.32 Å². The zero-order valence-corrected chi connectivity index (χ0v) is 10.5. The van der Waals surface area contributed by atoms with Gasteiger partial charge in [-0.05, 0) is 19.1 Å². The molecule has 1 atom stereocenters. The molecule has 18 heavy (non-hydrogen) atoms. The van der Waals surface area contributed by atoms with Crippen LogP contribution in [-0.2, 0) is 9.59 Å². The summed E-state index contributed by atoms with van der Waals surface area (Å²) in [7, 11) is 1.56. The minimum atomic E-state index is -0.509. The second-order valence-electron chi connectivity index (χ2n) is 4.20. The fourth-order valence-corrected chi connectivity index (χ4v) is 2.02. The molecule has 5 nitrogen and oxygen atoms in total. The van der Waals surface area contributed by atoms with Gasteiger partial charge in [-0.3, -0.25) is 9.59 Å². The first-order valence-corrected chi connectivity index (χ1v) is 5.87. The molecular formula is C13H16N2O3. The van der Waals surface area contributed by atoms with E-state index in [-0.39, 0.29) is 11.8 Å². The third kappa shape index (κ3) is 2.30. The van der Waals surface area contributed by atoms with Crippen LogP contribution in [0.15, 0.2) is 24.3 Å². The Bertz CT molecular complexity index is 473. The summed E-state index contributed by atoms with van der Waals surface area (Å²) in [6.45, 7) is 2.06. The lowest BCUT2D eigenvalue weighted by atomic mass is 10.2. The molecule has 0 spiro atoms. The molecule has 0 bridgehead atoms. The fraction of sp³-hybridized carbons (Fsp3) is 0.385. The first-order valence-electron chi connectivity index (χ1n) is 5.87. The molecule has 1 N–H and O–H groups in total. The maximum atomic E-state index is 12.2. The molecule has 1 aliphatic rings. The highest BCUT2D eigenvalue weighted by Crippen LogP contribution is 2.28. The molecule has 0 saturated carbocycles. The first kappa shape index (κ1) is 12.4. The van der Waals surface area contributed by atoms with Crippen LogP contribution in [0.2, 0.25) is 0 Å². The highest BCUT2D eigenvalue weighted by atomic mass is 16.5. The zero-order valence-electron chi connectivity index (χ0n) is 10.5. The molecule has 5 heteroatoms. The summed E-state index contributed by atoms with van der Waals surface area (Å²) in [4.78, 5) is 25.3. The largest absolute Gasteiger partial charge is 0.495 e. The standard InChI is InChI=1S/C13H16N2O3/c1-9-13(17)15(8-7-12(16)14-9)10-5-3-4-6-11(10)18-2/h3-6,9H,7-8H2,1-2H3,(H,14,16). The molecule has 0 aromatic heterocycles. The summed E-state index contributed by atoms with van der Waals surface area (Å²) >= 11 is 0. The summed E-state index contributed by atoms with van der Waals surface area (Å²) in [6.07, 6.45) is 0.300. The van der Waals surface area contributed by atoms with Gasteiger partial charge in [0.05, 0.1) is 12.8 Å². The zero-order chi connectivity index (χ0) is 13.1. The van der Waals surface area contributed by atoms with Gasteiger partial charge in [-0.15, -0.1) is 0 Å². The molecule has 96 valence electrons. The third-order valence-electron chi connectivity index (χ3n) is 2.95. The molecule has 1 aromatic rings. The molecule has 1 saturated heterocycles. The van der Waals surface area contributed by atoms with Gasteiger partial charge in [0.2, 0.25) is 11.8 Å². The number of carbonyl (C=O) groups is 2. The van der Waals surface area contributed by atoms with Crippen molar-refractivity contribution in [3.63, 3.8) is 0 Å². The monoisotopic (exact) mass is 248 g/mol. The van der Waals surface area contributed by atoms with Crippen LogP contribution in [0, 0.1) is 0 Å². The van der Waals surface area contributed by atoms with Crippen LogP contribution >= 0.6 is 0 Å². The van der Waals surface area contributed by atoms with E-state index in [0.717, 1.165) is 0 Å². The summed E-state index contributed by atoms with van der Waals surface area (Å²) in [6, 6.07) is 6.80. The molecule has 2 amide bonds. The van der Waals surface area contributed by atoms with Gasteiger partial charge in [0, 0.05) is 13.0 Å². The van der Waals surface area contributed by atoms with Crippen molar-refractivity contribution in [2.45, 2.75) is 19.4 Å². The molecule has 0 aliphatic carbocycles. The Hall–Kier alpha value is -2.04. The number of rotatable bonds is 2. The minimum absolute atomic E-state index is 0.103. The van der Waals surface area contributed by atoms with Crippen LogP contribution in [0.25, 0.3) is 0 Å². The van der Waals surface area contributed by atoms with Crippen LogP contribution < -0.4 is 15.0 Å². The van der Waals surface area contributed by atoms with Gasteiger partial charge in [-0.25, -0.2) is 0 Å². The number of nitrogens with zero attached hydrogens (tertiary/aromatic N) is 1. The van der Waals surface area contributed by atoms with E-state index in [1.807, 2.05) is 18.2 Å². The summed E-state index contributed by atoms with van der Waals surface area (Å²) in [5.41, 5.74) is 0.702. The van der Waals surface area contributed by atoms with Crippen molar-refractivity contribution in [1.29, 1.82) is 0 Å². The van der Waals surface area contributed by atoms with E-state index in [4.69, 9.17) is 4.74 Å². The fourth-order valence-electron chi connectivity index (χ4n) is 2.02. The van der Waals surface area contributed by atoms with Gasteiger partial charge in [0.25, 0.3) is 0 Å². The molecule has 0 radical (unpaired) electrons. The average molecular weight is 248 g/mol. The Morgan fingerprint density at radius 2 is 2.06 bits per heavy atom. The lowest BCUT2D eigenvalue weighted by molar-refractivity contribution is -0.125. The van der Waals surface area contributed by atoms with Crippen molar-refractivity contribution in [2.24, 2.45) is 0 Å². The molecule has 1 aromatic carbocycles. The molecule has 1 fully saturated rings. The molecule has 2 rings (SSSR count). The lowest BCUT2D eigenvalue weighted by Gasteiger charge is -2.24. The number of hydrogen-bond donors (Lipinski definition) is 1. The van der Waals surface area contributed by atoms with E-state index in [1.54, 1.807) is 25.0 Å². The Kier molecular flexibility index (Phi) is 3.50. The Labute approximate surface area is 106 Å². The lowest BCUT2D eigenvalue weighted by Crippen LogP contribution is -2.42. The van der Waals surface area contributed by atoms with Crippen molar-refractivity contribution in [2.75, 3.05) is 18.6 Å². The van der Waals surface area contributed by atoms with Crippen molar-refractivity contribution in [3.8, 4) is 5.75 Å². The van der Waals surface area contributed by atoms with Crippen molar-refractivity contribution < 1.29 is 14.3 Å². The second kappa shape index (κ2) is 5.08. The number of para-hydroxylation sites is 2. The molecule has 1 heterocycles. The van der Waals surface area contributed by atoms with Crippen molar-refractivity contribution in [3.05, 3.63) is 24.3 Å². The number of carbonyl (C=O) groups excluding carboxylic acids is 2. The molecule has 1 aliphatic heterocycles. The first-order chi connectivity index (χ1) is 8.63. The van der Waals surface area contributed by atoms with Gasteiger partial charge >= 0.3 is 0 Å². The highest BCUT2D eigenvalue weighted by Gasteiger charge is 2.28. The second-order valence-corrected chi connectivity index (χ2v) is 4.20. The number of hydrogen-bond acceptors (Lipinski definition) is 3. The van der Waals surface area contributed by atoms with Gasteiger partial charge in [0.1, 0.15) is 11.8 Å². The summed E-state index contributed by atoms with van der Waals surface area (Å²) in [5.74, 6) is 0.408. The van der Waals surface area contributed by atoms with E-state index in [2.05, 4.69) is 5.32 Å². The van der Waals surface area contributed by atoms with Gasteiger partial charge in [-0.1, -0.05) is 12.1 Å². The summed E-state index contributed by atoms with van der Waals surface area (Å²) in [5, 5.41) is 2.66. The Balaban J connectivity index is 2.36. The van der Waals surface area contributed by atoms with E-state index >= 15 is 0 Å². The van der Waals surface area contributed by atoms with Gasteiger partial charge in [-0.2, -0.15) is 0 Å². The number of ether oxygens (including phenoxy) is 1. The van der Waals surface area contributed by atoms with Crippen LogP contribution in [0.3, 0.4) is 0 Å². The van der Waals surface area contributed by atoms with E-state index in [9.17, 15) is 9.59 Å². The topological polar surface area (TPSA) is 58.6 Å². The Morgan fingerprint density at radius 1 is 1.33 bits per heavy atom. The predicted octanol–water partition coefficient (Wildman–Crippen LogP) is 0.937. The minimum Gasteiger partial charge on any atom is -0.495 e. The molecule has 1 unspecified atom stereocenters. The SMILES string of the molecule is COc1ccccc1N1CCC(=O)NC(C)C1=O. The maximum absolute atomic E-state index is 12.2. The van der Waals surface area contributed by atoms with Crippen LogP contribution in [0.5, 0.6) is 5.75 Å². The number of benzene rings is 1. The van der Waals surface area contributed by atoms with Gasteiger partial charge in [0.15, 0.2) is 0 Å². The van der Waals surface area contributed by atoms with E-state index < -0.39 is 6.04 Å². The quantitative estimate of drug-likeness (QED) is 0.847. The van der Waals surface area contributed by atoms with E-state index in [0.29, 0.717) is 24.4 Å². The molecular weight excluding hydrogens is 232 g/mol. The average Bonchev–Trinajstić information content (AvgIpc) is 2.50. The normalized spacial score (nSPS) is 20.3. The smallest absolute Gasteiger partial charge is 0.249 e. The maximum Gasteiger partial charge on any atom is 0.249 e. The highest BCUT2D eigenvalue weighted by molar-refractivity contribution is 6.01. The van der Waals surface area contributed by atoms with Crippen LogP contribution in [0.4, 0.5) is 5.69 Å². The summed E-state index contributed by atoms with van der Waals surface area (Å²) < 4.78 is 5.25. The van der Waals surface area contributed by atoms with E-state index in [1.165, 1.54) is 0 Å². The number of nitrogens with one attached hydrogen (secondary N) is 1. The van der Waals surface area contributed by atoms with Gasteiger partial charge < -0.3 is 15.0 Å². The number of anilines is 1. The number of methoxy groups -OCH3 is 1. The predicted molar refractivity (Wildman–Crippen MR) is 67.6 cm³/mol.